The SMILES string of the molecule is C1=C(c2ccc(N(c3ccc(-c4cccc5ccccc45)cc3)c3cccc4ccccc34)cc2)CC2Oc3ccccc3C2C1. The molecule has 0 spiro atoms. The van der Waals surface area contributed by atoms with Gasteiger partial charge in [-0.15, -0.1) is 0 Å². The molecule has 0 amide bonds. The van der Waals surface area contributed by atoms with Crippen LogP contribution in [0.25, 0.3) is 38.2 Å². The highest BCUT2D eigenvalue weighted by Crippen LogP contribution is 2.47. The summed E-state index contributed by atoms with van der Waals surface area (Å²) in [6, 6.07) is 57.1. The molecule has 2 aliphatic rings. The Labute approximate surface area is 269 Å². The molecule has 2 atom stereocenters. The van der Waals surface area contributed by atoms with Crippen LogP contribution in [0, 0.1) is 0 Å². The van der Waals surface area contributed by atoms with Crippen molar-refractivity contribution < 1.29 is 4.74 Å². The predicted octanol–water partition coefficient (Wildman–Crippen LogP) is 11.9. The van der Waals surface area contributed by atoms with Gasteiger partial charge in [-0.05, 0) is 81.2 Å². The number of hydrogen-bond acceptors (Lipinski definition) is 2. The number of ether oxygens (including phenoxy) is 1. The van der Waals surface area contributed by atoms with E-state index in [1.54, 1.807) is 0 Å². The van der Waals surface area contributed by atoms with Crippen LogP contribution in [-0.2, 0) is 0 Å². The number of benzene rings is 7. The maximum Gasteiger partial charge on any atom is 0.123 e. The molecule has 0 saturated carbocycles. The van der Waals surface area contributed by atoms with Crippen LogP contribution < -0.4 is 9.64 Å². The summed E-state index contributed by atoms with van der Waals surface area (Å²) in [5.41, 5.74) is 9.90. The Balaban J connectivity index is 1.08. The van der Waals surface area contributed by atoms with Crippen molar-refractivity contribution in [3.8, 4) is 16.9 Å². The number of allylic oxidation sites excluding steroid dienone is 1. The topological polar surface area (TPSA) is 12.5 Å². The molecule has 9 rings (SSSR count). The lowest BCUT2D eigenvalue weighted by Crippen LogP contribution is -2.22. The molecule has 1 aliphatic carbocycles. The highest BCUT2D eigenvalue weighted by atomic mass is 16.5. The van der Waals surface area contributed by atoms with Gasteiger partial charge in [0.15, 0.2) is 0 Å². The molecule has 2 heteroatoms. The van der Waals surface area contributed by atoms with Crippen LogP contribution in [0.5, 0.6) is 5.75 Å². The van der Waals surface area contributed by atoms with Crippen molar-refractivity contribution in [3.63, 3.8) is 0 Å². The lowest BCUT2D eigenvalue weighted by atomic mass is 9.82. The minimum Gasteiger partial charge on any atom is -0.489 e. The first-order valence-corrected chi connectivity index (χ1v) is 16.2. The van der Waals surface area contributed by atoms with Crippen molar-refractivity contribution >= 4 is 44.2 Å². The van der Waals surface area contributed by atoms with E-state index in [9.17, 15) is 0 Å². The van der Waals surface area contributed by atoms with Crippen LogP contribution >= 0.6 is 0 Å². The summed E-state index contributed by atoms with van der Waals surface area (Å²) in [5.74, 6) is 1.51. The molecular weight excluding hydrogens is 558 g/mol. The van der Waals surface area contributed by atoms with Gasteiger partial charge >= 0.3 is 0 Å². The maximum absolute atomic E-state index is 6.40. The second-order valence-electron chi connectivity index (χ2n) is 12.4. The normalized spacial score (nSPS) is 16.8. The molecule has 7 aromatic rings. The lowest BCUT2D eigenvalue weighted by Gasteiger charge is -2.28. The zero-order valence-corrected chi connectivity index (χ0v) is 25.5. The largest absolute Gasteiger partial charge is 0.489 e. The Morgan fingerprint density at radius 3 is 1.91 bits per heavy atom. The zero-order valence-electron chi connectivity index (χ0n) is 25.5. The molecule has 7 aromatic carbocycles. The molecule has 220 valence electrons. The molecule has 0 bridgehead atoms. The fourth-order valence-electron chi connectivity index (χ4n) is 7.53. The van der Waals surface area contributed by atoms with E-state index in [1.807, 2.05) is 0 Å². The van der Waals surface area contributed by atoms with Crippen molar-refractivity contribution in [2.45, 2.75) is 24.9 Å². The third-order valence-electron chi connectivity index (χ3n) is 9.81. The zero-order chi connectivity index (χ0) is 30.5. The van der Waals surface area contributed by atoms with Crippen molar-refractivity contribution in [3.05, 3.63) is 175 Å². The number of hydrogen-bond donors (Lipinski definition) is 0. The van der Waals surface area contributed by atoms with Gasteiger partial charge in [0.1, 0.15) is 11.9 Å². The molecule has 2 nitrogen and oxygen atoms in total. The number of rotatable bonds is 5. The second kappa shape index (κ2) is 11.1. The van der Waals surface area contributed by atoms with Gasteiger partial charge in [0.2, 0.25) is 0 Å². The number of anilines is 3. The monoisotopic (exact) mass is 591 g/mol. The quantitative estimate of drug-likeness (QED) is 0.197. The van der Waals surface area contributed by atoms with Gasteiger partial charge in [-0.2, -0.15) is 0 Å². The van der Waals surface area contributed by atoms with Gasteiger partial charge in [0, 0.05) is 34.7 Å². The molecule has 0 fully saturated rings. The van der Waals surface area contributed by atoms with Gasteiger partial charge in [-0.1, -0.05) is 127 Å². The molecule has 46 heavy (non-hydrogen) atoms. The highest BCUT2D eigenvalue weighted by Gasteiger charge is 2.36. The van der Waals surface area contributed by atoms with E-state index in [4.69, 9.17) is 4.74 Å². The first-order valence-electron chi connectivity index (χ1n) is 16.2. The van der Waals surface area contributed by atoms with Gasteiger partial charge in [-0.25, -0.2) is 0 Å². The first-order chi connectivity index (χ1) is 22.8. The third kappa shape index (κ3) is 4.57. The van der Waals surface area contributed by atoms with Gasteiger partial charge in [0.05, 0.1) is 5.69 Å². The minimum atomic E-state index is 0.213. The molecule has 1 heterocycles. The van der Waals surface area contributed by atoms with E-state index in [0.717, 1.165) is 30.0 Å². The van der Waals surface area contributed by atoms with Gasteiger partial charge in [0.25, 0.3) is 0 Å². The highest BCUT2D eigenvalue weighted by molar-refractivity contribution is 6.00. The summed E-state index contributed by atoms with van der Waals surface area (Å²) in [5, 5.41) is 4.99. The molecule has 0 radical (unpaired) electrons. The van der Waals surface area contributed by atoms with Crippen LogP contribution in [0.1, 0.15) is 29.9 Å². The summed E-state index contributed by atoms with van der Waals surface area (Å²) in [4.78, 5) is 2.39. The summed E-state index contributed by atoms with van der Waals surface area (Å²) in [6.45, 7) is 0. The Morgan fingerprint density at radius 1 is 0.522 bits per heavy atom. The summed E-state index contributed by atoms with van der Waals surface area (Å²) in [7, 11) is 0. The molecule has 0 saturated heterocycles. The molecule has 0 aromatic heterocycles. The van der Waals surface area contributed by atoms with Crippen molar-refractivity contribution in [1.29, 1.82) is 0 Å². The number of para-hydroxylation sites is 1. The van der Waals surface area contributed by atoms with Crippen LogP contribution in [0.4, 0.5) is 17.1 Å². The molecule has 0 N–H and O–H groups in total. The maximum atomic E-state index is 6.40. The molecule has 2 unspecified atom stereocenters. The average molecular weight is 592 g/mol. The van der Waals surface area contributed by atoms with Crippen LogP contribution in [0.15, 0.2) is 164 Å². The fraction of sp³-hybridized carbons (Fsp3) is 0.0909. The van der Waals surface area contributed by atoms with Crippen molar-refractivity contribution in [1.82, 2.24) is 0 Å². The number of nitrogens with zero attached hydrogens (tertiary/aromatic N) is 1. The smallest absolute Gasteiger partial charge is 0.123 e. The standard InChI is InChI=1S/C44H33NO/c1-3-13-37-31(9-1)11-7-16-38(37)33-21-26-36(27-22-33)45(42-17-8-12-32-10-2-4-14-39(32)42)35-24-19-30(20-25-35)34-23-28-41-40-15-5-6-18-43(40)46-44(41)29-34/h1-27,41,44H,28-29H2. The summed E-state index contributed by atoms with van der Waals surface area (Å²) < 4.78 is 6.40. The Kier molecular flexibility index (Phi) is 6.45. The average Bonchev–Trinajstić information content (AvgIpc) is 3.50. The lowest BCUT2D eigenvalue weighted by molar-refractivity contribution is 0.207. The van der Waals surface area contributed by atoms with Crippen molar-refractivity contribution in [2.24, 2.45) is 0 Å². The molecular formula is C44H33NO. The van der Waals surface area contributed by atoms with E-state index in [0.29, 0.717) is 5.92 Å². The van der Waals surface area contributed by atoms with Gasteiger partial charge in [-0.3, -0.25) is 0 Å². The Morgan fingerprint density at radius 2 is 1.13 bits per heavy atom. The predicted molar refractivity (Wildman–Crippen MR) is 192 cm³/mol. The van der Waals surface area contributed by atoms with E-state index in [1.165, 1.54) is 55.1 Å². The van der Waals surface area contributed by atoms with Crippen LogP contribution in [0.3, 0.4) is 0 Å². The Hall–Kier alpha value is -5.60. The minimum absolute atomic E-state index is 0.213. The van der Waals surface area contributed by atoms with Crippen molar-refractivity contribution in [2.75, 3.05) is 4.90 Å². The van der Waals surface area contributed by atoms with E-state index >= 15 is 0 Å². The number of fused-ring (bicyclic) bond motifs is 5. The van der Waals surface area contributed by atoms with Gasteiger partial charge < -0.3 is 9.64 Å². The van der Waals surface area contributed by atoms with E-state index < -0.39 is 0 Å². The fourth-order valence-corrected chi connectivity index (χ4v) is 7.53. The second-order valence-corrected chi connectivity index (χ2v) is 12.4. The summed E-state index contributed by atoms with van der Waals surface area (Å²) >= 11 is 0. The first kappa shape index (κ1) is 26.8. The molecule has 1 aliphatic heterocycles. The van der Waals surface area contributed by atoms with Crippen LogP contribution in [-0.4, -0.2) is 6.10 Å². The van der Waals surface area contributed by atoms with E-state index in [2.05, 4.69) is 169 Å². The third-order valence-corrected chi connectivity index (χ3v) is 9.81. The van der Waals surface area contributed by atoms with E-state index in [-0.39, 0.29) is 6.10 Å². The van der Waals surface area contributed by atoms with Crippen LogP contribution in [0.2, 0.25) is 0 Å². The Bertz CT molecular complexity index is 2240. The summed E-state index contributed by atoms with van der Waals surface area (Å²) in [6.07, 6.45) is 4.59.